The van der Waals surface area contributed by atoms with Gasteiger partial charge in [-0.25, -0.2) is 9.37 Å². The third kappa shape index (κ3) is 3.13. The van der Waals surface area contributed by atoms with E-state index in [4.69, 9.17) is 0 Å². The molecule has 7 heteroatoms. The normalized spacial score (nSPS) is 18.4. The van der Waals surface area contributed by atoms with Crippen molar-refractivity contribution in [2.24, 2.45) is 0 Å². The number of halogens is 1. The predicted octanol–water partition coefficient (Wildman–Crippen LogP) is 4.53. The van der Waals surface area contributed by atoms with Crippen LogP contribution < -0.4 is 4.90 Å². The van der Waals surface area contributed by atoms with E-state index in [1.807, 2.05) is 6.92 Å². The lowest BCUT2D eigenvalue weighted by atomic mass is 9.95. The number of thiazole rings is 1. The Balaban J connectivity index is 1.99. The molecule has 29 heavy (non-hydrogen) atoms. The highest BCUT2D eigenvalue weighted by Gasteiger charge is 2.49. The number of aromatic nitrogens is 1. The first-order valence-corrected chi connectivity index (χ1v) is 9.76. The van der Waals surface area contributed by atoms with Crippen molar-refractivity contribution in [3.63, 3.8) is 0 Å². The topological polar surface area (TPSA) is 70.5 Å². The number of benzene rings is 2. The highest BCUT2D eigenvalue weighted by Crippen LogP contribution is 2.44. The molecule has 1 aliphatic heterocycles. The van der Waals surface area contributed by atoms with Gasteiger partial charge in [-0.2, -0.15) is 0 Å². The van der Waals surface area contributed by atoms with Gasteiger partial charge in [0.1, 0.15) is 17.6 Å². The van der Waals surface area contributed by atoms with Crippen LogP contribution in [0, 0.1) is 19.7 Å². The lowest BCUT2D eigenvalue weighted by Crippen LogP contribution is -2.29. The molecule has 1 amide bonds. The summed E-state index contributed by atoms with van der Waals surface area (Å²) < 4.78 is 14.7. The van der Waals surface area contributed by atoms with E-state index in [9.17, 15) is 19.1 Å². The molecule has 0 unspecified atom stereocenters. The van der Waals surface area contributed by atoms with Gasteiger partial charge < -0.3 is 5.11 Å². The number of ketones is 1. The van der Waals surface area contributed by atoms with Crippen molar-refractivity contribution in [3.05, 3.63) is 87.7 Å². The van der Waals surface area contributed by atoms with Gasteiger partial charge in [-0.3, -0.25) is 14.5 Å². The second kappa shape index (κ2) is 7.25. The van der Waals surface area contributed by atoms with E-state index >= 15 is 0 Å². The summed E-state index contributed by atoms with van der Waals surface area (Å²) >= 11 is 1.25. The van der Waals surface area contributed by atoms with Crippen molar-refractivity contribution in [1.29, 1.82) is 0 Å². The first kappa shape index (κ1) is 19.0. The summed E-state index contributed by atoms with van der Waals surface area (Å²) in [6, 6.07) is 13.2. The number of carbonyl (C=O) groups is 2. The fourth-order valence-electron chi connectivity index (χ4n) is 3.33. The van der Waals surface area contributed by atoms with Crippen LogP contribution in [0.25, 0.3) is 5.76 Å². The van der Waals surface area contributed by atoms with Crippen LogP contribution in [-0.2, 0) is 9.59 Å². The molecule has 1 aromatic heterocycles. The Labute approximate surface area is 170 Å². The van der Waals surface area contributed by atoms with Crippen molar-refractivity contribution in [2.75, 3.05) is 4.90 Å². The predicted molar refractivity (Wildman–Crippen MR) is 109 cm³/mol. The highest BCUT2D eigenvalue weighted by molar-refractivity contribution is 7.16. The third-order valence-electron chi connectivity index (χ3n) is 4.91. The quantitative estimate of drug-likeness (QED) is 0.393. The fraction of sp³-hybridized carbons (Fsp3) is 0.136. The summed E-state index contributed by atoms with van der Waals surface area (Å²) in [5, 5.41) is 11.2. The van der Waals surface area contributed by atoms with Gasteiger partial charge in [-0.05, 0) is 19.9 Å². The van der Waals surface area contributed by atoms with Crippen LogP contribution in [0.5, 0.6) is 0 Å². The number of anilines is 1. The molecule has 0 saturated carbocycles. The highest BCUT2D eigenvalue weighted by atomic mass is 32.1. The van der Waals surface area contributed by atoms with E-state index < -0.39 is 23.5 Å². The van der Waals surface area contributed by atoms with Crippen LogP contribution in [0.3, 0.4) is 0 Å². The lowest BCUT2D eigenvalue weighted by molar-refractivity contribution is -0.132. The summed E-state index contributed by atoms with van der Waals surface area (Å²) in [6.07, 6.45) is 0. The number of hydrogen-bond acceptors (Lipinski definition) is 5. The summed E-state index contributed by atoms with van der Waals surface area (Å²) in [4.78, 5) is 32.3. The van der Waals surface area contributed by atoms with E-state index in [2.05, 4.69) is 4.98 Å². The number of nitrogens with zero attached hydrogens (tertiary/aromatic N) is 2. The Morgan fingerprint density at radius 2 is 1.72 bits per heavy atom. The number of amides is 1. The van der Waals surface area contributed by atoms with Crippen molar-refractivity contribution >= 4 is 33.9 Å². The zero-order chi connectivity index (χ0) is 20.7. The molecule has 5 nitrogen and oxygen atoms in total. The Kier molecular flexibility index (Phi) is 4.76. The van der Waals surface area contributed by atoms with Crippen LogP contribution >= 0.6 is 11.3 Å². The van der Waals surface area contributed by atoms with E-state index in [-0.39, 0.29) is 16.9 Å². The van der Waals surface area contributed by atoms with Gasteiger partial charge in [0.15, 0.2) is 5.13 Å². The van der Waals surface area contributed by atoms with Gasteiger partial charge >= 0.3 is 5.91 Å². The first-order chi connectivity index (χ1) is 13.9. The van der Waals surface area contributed by atoms with Crippen molar-refractivity contribution in [3.8, 4) is 0 Å². The van der Waals surface area contributed by atoms with Gasteiger partial charge in [0.05, 0.1) is 11.3 Å². The number of Topliss-reactive ketones (excluding diaryl/α,β-unsaturated/α-hetero) is 1. The van der Waals surface area contributed by atoms with Gasteiger partial charge in [0.2, 0.25) is 0 Å². The maximum absolute atomic E-state index is 14.7. The molecule has 1 saturated heterocycles. The number of aliphatic hydroxyl groups is 1. The number of hydrogen-bond donors (Lipinski definition) is 1. The molecular weight excluding hydrogens is 391 g/mol. The molecule has 0 aliphatic carbocycles. The zero-order valence-corrected chi connectivity index (χ0v) is 16.5. The Morgan fingerprint density at radius 3 is 2.34 bits per heavy atom. The second-order valence-electron chi connectivity index (χ2n) is 6.69. The molecule has 2 aromatic carbocycles. The van der Waals surface area contributed by atoms with Gasteiger partial charge in [0.25, 0.3) is 5.78 Å². The van der Waals surface area contributed by atoms with Crippen molar-refractivity contribution in [2.45, 2.75) is 19.9 Å². The molecule has 1 atom stereocenters. The van der Waals surface area contributed by atoms with Gasteiger partial charge in [0, 0.05) is 16.0 Å². The summed E-state index contributed by atoms with van der Waals surface area (Å²) in [5.41, 5.74) is 1.06. The van der Waals surface area contributed by atoms with Crippen molar-refractivity contribution < 1.29 is 19.1 Å². The number of carbonyl (C=O) groups excluding carboxylic acids is 2. The average Bonchev–Trinajstić information content (AvgIpc) is 3.18. The maximum Gasteiger partial charge on any atom is 0.301 e. The van der Waals surface area contributed by atoms with Crippen LogP contribution in [0.15, 0.2) is 60.2 Å². The van der Waals surface area contributed by atoms with Crippen LogP contribution in [0.2, 0.25) is 0 Å². The van der Waals surface area contributed by atoms with E-state index in [1.54, 1.807) is 43.3 Å². The monoisotopic (exact) mass is 408 g/mol. The van der Waals surface area contributed by atoms with E-state index in [0.29, 0.717) is 10.7 Å². The Hall–Kier alpha value is -3.32. The number of aryl methyl sites for hydroxylation is 2. The average molecular weight is 408 g/mol. The molecule has 1 fully saturated rings. The van der Waals surface area contributed by atoms with Crippen LogP contribution in [0.4, 0.5) is 9.52 Å². The molecule has 1 aliphatic rings. The summed E-state index contributed by atoms with van der Waals surface area (Å²) in [7, 11) is 0. The van der Waals surface area contributed by atoms with Crippen LogP contribution in [0.1, 0.15) is 27.7 Å². The second-order valence-corrected chi connectivity index (χ2v) is 7.88. The maximum atomic E-state index is 14.7. The summed E-state index contributed by atoms with van der Waals surface area (Å²) in [6.45, 7) is 3.66. The molecular formula is C22H17FN2O3S. The Bertz CT molecular complexity index is 1130. The van der Waals surface area contributed by atoms with E-state index in [0.717, 1.165) is 10.6 Å². The zero-order valence-electron chi connectivity index (χ0n) is 15.7. The van der Waals surface area contributed by atoms with Crippen molar-refractivity contribution in [1.82, 2.24) is 4.98 Å². The third-order valence-corrected chi connectivity index (χ3v) is 5.99. The van der Waals surface area contributed by atoms with Gasteiger partial charge in [-0.1, -0.05) is 48.5 Å². The Morgan fingerprint density at radius 1 is 1.07 bits per heavy atom. The minimum atomic E-state index is -1.11. The summed E-state index contributed by atoms with van der Waals surface area (Å²) in [5.74, 6) is -2.63. The molecule has 0 bridgehead atoms. The molecule has 2 heterocycles. The first-order valence-electron chi connectivity index (χ1n) is 8.95. The molecule has 1 N–H and O–H groups in total. The number of rotatable bonds is 3. The fourth-order valence-corrected chi connectivity index (χ4v) is 4.27. The molecule has 3 aromatic rings. The molecule has 146 valence electrons. The standard InChI is InChI=1S/C22H17FN2O3S/c1-12-13(2)29-22(24-12)25-18(15-10-6-7-11-16(15)23)17(20(27)21(25)28)19(26)14-8-4-3-5-9-14/h3-11,18,26H,1-2H3/b19-17+/t18-/m1/s1. The molecule has 4 rings (SSSR count). The SMILES string of the molecule is Cc1nc(N2C(=O)C(=O)/C(=C(/O)c3ccccc3)[C@H]2c2ccccc2F)sc1C. The lowest BCUT2D eigenvalue weighted by Gasteiger charge is -2.23. The van der Waals surface area contributed by atoms with E-state index in [1.165, 1.54) is 34.4 Å². The van der Waals surface area contributed by atoms with Gasteiger partial charge in [-0.15, -0.1) is 11.3 Å². The molecule has 0 spiro atoms. The smallest absolute Gasteiger partial charge is 0.301 e. The van der Waals surface area contributed by atoms with Crippen LogP contribution in [-0.4, -0.2) is 21.8 Å². The largest absolute Gasteiger partial charge is 0.507 e. The minimum absolute atomic E-state index is 0.120. The number of aliphatic hydroxyl groups excluding tert-OH is 1. The molecule has 0 radical (unpaired) electrons. The minimum Gasteiger partial charge on any atom is -0.507 e.